The van der Waals surface area contributed by atoms with Crippen LogP contribution in [0.25, 0.3) is 0 Å². The molecule has 28 heavy (non-hydrogen) atoms. The minimum atomic E-state index is -0.0520. The Labute approximate surface area is 167 Å². The van der Waals surface area contributed by atoms with Crippen molar-refractivity contribution in [1.29, 1.82) is 5.26 Å². The number of carbonyl (C=O) groups excluding carboxylic acids is 1. The number of nitrogens with zero attached hydrogens (tertiary/aromatic N) is 2. The smallest absolute Gasteiger partial charge is 0.257 e. The van der Waals surface area contributed by atoms with Gasteiger partial charge < -0.3 is 15.0 Å². The topological polar surface area (TPSA) is 65.4 Å². The normalized spacial score (nSPS) is 14.0. The van der Waals surface area contributed by atoms with Crippen molar-refractivity contribution >= 4 is 22.9 Å². The summed E-state index contributed by atoms with van der Waals surface area (Å²) in [7, 11) is 0. The summed E-state index contributed by atoms with van der Waals surface area (Å²) in [5.74, 6) is 0.985. The number of nitriles is 1. The second kappa shape index (κ2) is 8.15. The molecular formula is C22H19N3O2S. The van der Waals surface area contributed by atoms with E-state index in [2.05, 4.69) is 11.4 Å². The molecule has 0 spiro atoms. The van der Waals surface area contributed by atoms with Crippen LogP contribution in [-0.2, 0) is 6.54 Å². The summed E-state index contributed by atoms with van der Waals surface area (Å²) in [5.41, 5.74) is 1.71. The van der Waals surface area contributed by atoms with Crippen molar-refractivity contribution in [3.8, 4) is 17.6 Å². The maximum absolute atomic E-state index is 13.3. The van der Waals surface area contributed by atoms with Gasteiger partial charge in [0.25, 0.3) is 5.91 Å². The molecule has 0 radical (unpaired) electrons. The van der Waals surface area contributed by atoms with E-state index < -0.39 is 0 Å². The highest BCUT2D eigenvalue weighted by Crippen LogP contribution is 2.35. The molecule has 0 saturated carbocycles. The highest BCUT2D eigenvalue weighted by atomic mass is 32.1. The molecule has 2 heterocycles. The van der Waals surface area contributed by atoms with Crippen molar-refractivity contribution in [2.75, 3.05) is 18.4 Å². The fourth-order valence-electron chi connectivity index (χ4n) is 3.24. The predicted molar refractivity (Wildman–Crippen MR) is 110 cm³/mol. The maximum Gasteiger partial charge on any atom is 0.257 e. The number of carbonyl (C=O) groups is 1. The molecule has 0 bridgehead atoms. The summed E-state index contributed by atoms with van der Waals surface area (Å²) in [6.07, 6.45) is 0.762. The summed E-state index contributed by atoms with van der Waals surface area (Å²) in [5, 5.41) is 14.8. The van der Waals surface area contributed by atoms with Gasteiger partial charge in [-0.25, -0.2) is 0 Å². The number of fused-ring (bicyclic) bond motifs is 2. The van der Waals surface area contributed by atoms with Crippen molar-refractivity contribution in [1.82, 2.24) is 4.90 Å². The number of hydrogen-bond acceptors (Lipinski definition) is 5. The first-order chi connectivity index (χ1) is 13.8. The van der Waals surface area contributed by atoms with Crippen LogP contribution in [0.1, 0.15) is 27.2 Å². The van der Waals surface area contributed by atoms with Crippen LogP contribution >= 0.6 is 11.3 Å². The van der Waals surface area contributed by atoms with E-state index in [1.165, 1.54) is 0 Å². The number of rotatable bonds is 2. The molecule has 0 atom stereocenters. The van der Waals surface area contributed by atoms with Crippen LogP contribution in [0.15, 0.2) is 60.0 Å². The minimum Gasteiger partial charge on any atom is -0.454 e. The number of ether oxygens (including phenoxy) is 1. The second-order valence-corrected chi connectivity index (χ2v) is 7.51. The molecule has 5 nitrogen and oxygen atoms in total. The Balaban J connectivity index is 1.74. The van der Waals surface area contributed by atoms with E-state index in [4.69, 9.17) is 4.74 Å². The maximum atomic E-state index is 13.3. The average molecular weight is 389 g/mol. The van der Waals surface area contributed by atoms with Crippen LogP contribution in [0.4, 0.5) is 5.69 Å². The van der Waals surface area contributed by atoms with Crippen LogP contribution in [-0.4, -0.2) is 23.9 Å². The first-order valence-corrected chi connectivity index (χ1v) is 10.00. The van der Waals surface area contributed by atoms with E-state index in [0.29, 0.717) is 47.9 Å². The quantitative estimate of drug-likeness (QED) is 0.679. The summed E-state index contributed by atoms with van der Waals surface area (Å²) < 4.78 is 6.11. The van der Waals surface area contributed by atoms with Gasteiger partial charge in [0.15, 0.2) is 5.75 Å². The number of thiophene rings is 1. The SMILES string of the molecule is N#Cc1cccc2c1NCCCN(Cc1cccs1)C(=O)c1ccccc1O2. The second-order valence-electron chi connectivity index (χ2n) is 6.48. The molecule has 3 aromatic rings. The van der Waals surface area contributed by atoms with E-state index in [1.807, 2.05) is 40.6 Å². The van der Waals surface area contributed by atoms with Gasteiger partial charge in [-0.2, -0.15) is 5.26 Å². The van der Waals surface area contributed by atoms with Crippen LogP contribution in [0, 0.1) is 11.3 Å². The Bertz CT molecular complexity index is 1020. The number of para-hydroxylation sites is 2. The molecular weight excluding hydrogens is 370 g/mol. The summed E-state index contributed by atoms with van der Waals surface area (Å²) in [4.78, 5) is 16.3. The first-order valence-electron chi connectivity index (χ1n) is 9.12. The highest BCUT2D eigenvalue weighted by Gasteiger charge is 2.22. The van der Waals surface area contributed by atoms with Crippen molar-refractivity contribution < 1.29 is 9.53 Å². The van der Waals surface area contributed by atoms with Crippen molar-refractivity contribution in [2.45, 2.75) is 13.0 Å². The highest BCUT2D eigenvalue weighted by molar-refractivity contribution is 7.09. The van der Waals surface area contributed by atoms with Gasteiger partial charge in [0, 0.05) is 18.0 Å². The number of anilines is 1. The molecule has 0 fully saturated rings. The third-order valence-electron chi connectivity index (χ3n) is 4.60. The molecule has 1 aliphatic heterocycles. The van der Waals surface area contributed by atoms with Crippen molar-refractivity contribution in [3.05, 3.63) is 76.0 Å². The lowest BCUT2D eigenvalue weighted by Gasteiger charge is -2.23. The van der Waals surface area contributed by atoms with E-state index in [9.17, 15) is 10.1 Å². The lowest BCUT2D eigenvalue weighted by molar-refractivity contribution is 0.0742. The van der Waals surface area contributed by atoms with Gasteiger partial charge in [-0.05, 0) is 42.1 Å². The summed E-state index contributed by atoms with van der Waals surface area (Å²) in [6, 6.07) is 18.9. The number of amides is 1. The minimum absolute atomic E-state index is 0.0520. The van der Waals surface area contributed by atoms with Gasteiger partial charge in [0.1, 0.15) is 11.8 Å². The summed E-state index contributed by atoms with van der Waals surface area (Å²) in [6.45, 7) is 1.82. The molecule has 0 aliphatic carbocycles. The third kappa shape index (κ3) is 3.71. The van der Waals surface area contributed by atoms with Crippen LogP contribution in [0.2, 0.25) is 0 Å². The number of benzene rings is 2. The van der Waals surface area contributed by atoms with Crippen LogP contribution < -0.4 is 10.1 Å². The van der Waals surface area contributed by atoms with Crippen LogP contribution in [0.5, 0.6) is 11.5 Å². The Morgan fingerprint density at radius 1 is 1.11 bits per heavy atom. The predicted octanol–water partition coefficient (Wildman–Crippen LogP) is 4.87. The van der Waals surface area contributed by atoms with E-state index in [-0.39, 0.29) is 5.91 Å². The standard InChI is InChI=1S/C22H19N3O2S/c23-14-16-6-3-10-20-21(16)24-11-5-12-25(15-17-7-4-13-28-17)22(26)18-8-1-2-9-19(18)27-20/h1-4,6-10,13,24H,5,11-12,15H2. The molecule has 1 aromatic heterocycles. The monoisotopic (exact) mass is 389 g/mol. The van der Waals surface area contributed by atoms with Gasteiger partial charge in [0.05, 0.1) is 23.4 Å². The first kappa shape index (κ1) is 18.1. The van der Waals surface area contributed by atoms with Crippen LogP contribution in [0.3, 0.4) is 0 Å². The zero-order chi connectivity index (χ0) is 19.3. The Morgan fingerprint density at radius 3 is 2.79 bits per heavy atom. The van der Waals surface area contributed by atoms with Gasteiger partial charge in [-0.1, -0.05) is 24.3 Å². The Kier molecular flexibility index (Phi) is 5.27. The van der Waals surface area contributed by atoms with E-state index in [0.717, 1.165) is 11.3 Å². The Morgan fingerprint density at radius 2 is 1.96 bits per heavy atom. The number of hydrogen-bond donors (Lipinski definition) is 1. The summed E-state index contributed by atoms with van der Waals surface area (Å²) >= 11 is 1.64. The number of nitrogens with one attached hydrogen (secondary N) is 1. The molecule has 1 N–H and O–H groups in total. The molecule has 0 unspecified atom stereocenters. The zero-order valence-electron chi connectivity index (χ0n) is 15.2. The van der Waals surface area contributed by atoms with Gasteiger partial charge >= 0.3 is 0 Å². The molecule has 6 heteroatoms. The molecule has 1 amide bonds. The van der Waals surface area contributed by atoms with Gasteiger partial charge in [-0.3, -0.25) is 4.79 Å². The molecule has 2 aromatic carbocycles. The fourth-order valence-corrected chi connectivity index (χ4v) is 3.96. The molecule has 1 aliphatic rings. The van der Waals surface area contributed by atoms with E-state index in [1.54, 1.807) is 35.6 Å². The van der Waals surface area contributed by atoms with Gasteiger partial charge in [-0.15, -0.1) is 11.3 Å². The van der Waals surface area contributed by atoms with Crippen molar-refractivity contribution in [3.63, 3.8) is 0 Å². The molecule has 0 saturated heterocycles. The average Bonchev–Trinajstić information content (AvgIpc) is 3.23. The molecule has 4 rings (SSSR count). The Hall–Kier alpha value is -3.30. The largest absolute Gasteiger partial charge is 0.454 e. The third-order valence-corrected chi connectivity index (χ3v) is 5.47. The zero-order valence-corrected chi connectivity index (χ0v) is 16.0. The van der Waals surface area contributed by atoms with Gasteiger partial charge in [0.2, 0.25) is 0 Å². The lowest BCUT2D eigenvalue weighted by atomic mass is 10.1. The fraction of sp³-hybridized carbons (Fsp3) is 0.182. The van der Waals surface area contributed by atoms with E-state index >= 15 is 0 Å². The molecule has 140 valence electrons. The van der Waals surface area contributed by atoms with Crippen molar-refractivity contribution in [2.24, 2.45) is 0 Å². The lowest BCUT2D eigenvalue weighted by Crippen LogP contribution is -2.32.